The number of ketones is 1. The van der Waals surface area contributed by atoms with Gasteiger partial charge in [0.25, 0.3) is 0 Å². The van der Waals surface area contributed by atoms with Gasteiger partial charge in [0.2, 0.25) is 0 Å². The van der Waals surface area contributed by atoms with E-state index in [2.05, 4.69) is 0 Å². The number of hydrogen-bond donors (Lipinski definition) is 0. The van der Waals surface area contributed by atoms with E-state index in [1.165, 1.54) is 6.08 Å². The van der Waals surface area contributed by atoms with Gasteiger partial charge in [-0.05, 0) is 48.4 Å². The zero-order valence-electron chi connectivity index (χ0n) is 16.1. The molecule has 29 heavy (non-hydrogen) atoms. The molecular weight excluding hydrogens is 407 g/mol. The Morgan fingerprint density at radius 2 is 1.69 bits per heavy atom. The molecule has 0 saturated carbocycles. The van der Waals surface area contributed by atoms with E-state index in [0.717, 1.165) is 16.7 Å². The molecule has 3 aromatic carbocycles. The van der Waals surface area contributed by atoms with Gasteiger partial charge in [-0.2, -0.15) is 0 Å². The number of aryl methyl sites for hydroxylation is 1. The van der Waals surface area contributed by atoms with E-state index in [1.54, 1.807) is 37.5 Å². The van der Waals surface area contributed by atoms with Crippen LogP contribution >= 0.6 is 23.2 Å². The van der Waals surface area contributed by atoms with Gasteiger partial charge in [-0.3, -0.25) is 4.79 Å². The number of halogens is 2. The molecule has 0 N–H and O–H groups in total. The number of rotatable bonds is 7. The van der Waals surface area contributed by atoms with E-state index in [0.29, 0.717) is 33.7 Å². The molecule has 0 aromatic heterocycles. The Labute approximate surface area is 180 Å². The van der Waals surface area contributed by atoms with Crippen LogP contribution in [0.25, 0.3) is 6.08 Å². The predicted octanol–water partition coefficient (Wildman–Crippen LogP) is 6.79. The maximum Gasteiger partial charge on any atom is 0.185 e. The highest BCUT2D eigenvalue weighted by molar-refractivity contribution is 6.32. The third-order valence-electron chi connectivity index (χ3n) is 4.31. The Kier molecular flexibility index (Phi) is 6.97. The van der Waals surface area contributed by atoms with Crippen LogP contribution in [0.2, 0.25) is 10.0 Å². The Bertz CT molecular complexity index is 1020. The molecule has 5 heteroatoms. The fourth-order valence-electron chi connectivity index (χ4n) is 2.70. The summed E-state index contributed by atoms with van der Waals surface area (Å²) in [7, 11) is 1.55. The summed E-state index contributed by atoms with van der Waals surface area (Å²) in [6, 6.07) is 18.3. The van der Waals surface area contributed by atoms with Crippen LogP contribution in [-0.4, -0.2) is 12.9 Å². The van der Waals surface area contributed by atoms with Gasteiger partial charge in [0.05, 0.1) is 12.1 Å². The van der Waals surface area contributed by atoms with Crippen molar-refractivity contribution in [3.8, 4) is 11.5 Å². The fourth-order valence-corrected chi connectivity index (χ4v) is 3.10. The Morgan fingerprint density at radius 3 is 2.34 bits per heavy atom. The molecule has 3 nitrogen and oxygen atoms in total. The second-order valence-electron chi connectivity index (χ2n) is 6.51. The van der Waals surface area contributed by atoms with Crippen LogP contribution < -0.4 is 9.47 Å². The summed E-state index contributed by atoms with van der Waals surface area (Å²) in [5.74, 6) is 0.864. The van der Waals surface area contributed by atoms with Crippen molar-refractivity contribution >= 4 is 35.1 Å². The minimum Gasteiger partial charge on any atom is -0.493 e. The van der Waals surface area contributed by atoms with Crippen molar-refractivity contribution in [3.05, 3.63) is 99.0 Å². The minimum absolute atomic E-state index is 0.0804. The summed E-state index contributed by atoms with van der Waals surface area (Å²) in [6.07, 6.45) is 3.23. The highest BCUT2D eigenvalue weighted by Gasteiger charge is 2.12. The third kappa shape index (κ3) is 5.63. The molecule has 0 fully saturated rings. The lowest BCUT2D eigenvalue weighted by Gasteiger charge is -2.13. The first kappa shape index (κ1) is 21.0. The fraction of sp³-hybridized carbons (Fsp3) is 0.125. The minimum atomic E-state index is -0.0804. The molecule has 3 aromatic rings. The third-order valence-corrected chi connectivity index (χ3v) is 4.84. The quantitative estimate of drug-likeness (QED) is 0.308. The molecule has 0 aliphatic carbocycles. The average Bonchev–Trinajstić information content (AvgIpc) is 2.72. The van der Waals surface area contributed by atoms with Gasteiger partial charge >= 0.3 is 0 Å². The lowest BCUT2D eigenvalue weighted by atomic mass is 10.1. The molecule has 0 unspecified atom stereocenters. The molecule has 0 radical (unpaired) electrons. The molecule has 3 rings (SSSR count). The van der Waals surface area contributed by atoms with Gasteiger partial charge in [-0.1, -0.05) is 71.2 Å². The molecule has 0 saturated heterocycles. The number of methoxy groups -OCH3 is 1. The Hall–Kier alpha value is -2.75. The lowest BCUT2D eigenvalue weighted by Crippen LogP contribution is -1.99. The highest BCUT2D eigenvalue weighted by atomic mass is 35.5. The zero-order valence-corrected chi connectivity index (χ0v) is 17.6. The average molecular weight is 427 g/mol. The van der Waals surface area contributed by atoms with E-state index in [-0.39, 0.29) is 5.78 Å². The van der Waals surface area contributed by atoms with Crippen LogP contribution in [0.5, 0.6) is 11.5 Å². The maximum absolute atomic E-state index is 12.3. The summed E-state index contributed by atoms with van der Waals surface area (Å²) in [6.45, 7) is 2.31. The molecule has 0 aliphatic heterocycles. The largest absolute Gasteiger partial charge is 0.493 e. The molecule has 0 aliphatic rings. The molecule has 0 atom stereocenters. The van der Waals surface area contributed by atoms with Crippen molar-refractivity contribution in [3.63, 3.8) is 0 Å². The van der Waals surface area contributed by atoms with Crippen molar-refractivity contribution in [1.82, 2.24) is 0 Å². The summed E-state index contributed by atoms with van der Waals surface area (Å²) in [4.78, 5) is 12.3. The molecule has 0 bridgehead atoms. The van der Waals surface area contributed by atoms with E-state index in [9.17, 15) is 4.79 Å². The first-order valence-electron chi connectivity index (χ1n) is 9.00. The van der Waals surface area contributed by atoms with Gasteiger partial charge in [0, 0.05) is 10.6 Å². The van der Waals surface area contributed by atoms with Gasteiger partial charge in [-0.25, -0.2) is 0 Å². The topological polar surface area (TPSA) is 35.5 Å². The van der Waals surface area contributed by atoms with E-state index in [1.807, 2.05) is 43.3 Å². The zero-order chi connectivity index (χ0) is 20.8. The van der Waals surface area contributed by atoms with Crippen LogP contribution in [0, 0.1) is 6.92 Å². The number of ether oxygens (including phenoxy) is 2. The van der Waals surface area contributed by atoms with E-state index < -0.39 is 0 Å². The number of carbonyl (C=O) groups excluding carboxylic acids is 1. The van der Waals surface area contributed by atoms with Crippen LogP contribution in [0.15, 0.2) is 66.7 Å². The summed E-state index contributed by atoms with van der Waals surface area (Å²) < 4.78 is 11.3. The van der Waals surface area contributed by atoms with Gasteiger partial charge < -0.3 is 9.47 Å². The second kappa shape index (κ2) is 9.64. The highest BCUT2D eigenvalue weighted by Crippen LogP contribution is 2.37. The van der Waals surface area contributed by atoms with Crippen molar-refractivity contribution in [2.24, 2.45) is 0 Å². The maximum atomic E-state index is 12.3. The standard InChI is InChI=1S/C24H20Cl2O3/c1-16-3-8-19(9-4-16)22(27)12-7-18-13-21(26)24(23(14-18)28-2)29-15-17-5-10-20(25)11-6-17/h3-14H,15H2,1-2H3/b12-7+. The van der Waals surface area contributed by atoms with E-state index >= 15 is 0 Å². The lowest BCUT2D eigenvalue weighted by molar-refractivity contribution is 0.104. The monoisotopic (exact) mass is 426 g/mol. The molecule has 0 heterocycles. The summed E-state index contributed by atoms with van der Waals surface area (Å²) in [5.41, 5.74) is 3.44. The number of benzene rings is 3. The first-order chi connectivity index (χ1) is 14.0. The normalized spacial score (nSPS) is 10.9. The predicted molar refractivity (Wildman–Crippen MR) is 118 cm³/mol. The van der Waals surface area contributed by atoms with Crippen LogP contribution in [0.3, 0.4) is 0 Å². The number of carbonyl (C=O) groups is 1. The van der Waals surface area contributed by atoms with Crippen molar-refractivity contribution in [2.45, 2.75) is 13.5 Å². The van der Waals surface area contributed by atoms with Gasteiger partial charge in [0.15, 0.2) is 17.3 Å². The molecule has 0 spiro atoms. The summed E-state index contributed by atoms with van der Waals surface area (Å²) >= 11 is 12.3. The summed E-state index contributed by atoms with van der Waals surface area (Å²) in [5, 5.41) is 1.07. The Morgan fingerprint density at radius 1 is 1.00 bits per heavy atom. The van der Waals surface area contributed by atoms with Crippen molar-refractivity contribution < 1.29 is 14.3 Å². The van der Waals surface area contributed by atoms with E-state index in [4.69, 9.17) is 32.7 Å². The Balaban J connectivity index is 1.75. The molecule has 148 valence electrons. The number of allylic oxidation sites excluding steroid dienone is 1. The number of hydrogen-bond acceptors (Lipinski definition) is 3. The molecular formula is C24H20Cl2O3. The smallest absolute Gasteiger partial charge is 0.185 e. The van der Waals surface area contributed by atoms with Crippen LogP contribution in [0.1, 0.15) is 27.0 Å². The van der Waals surface area contributed by atoms with Crippen LogP contribution in [-0.2, 0) is 6.61 Å². The van der Waals surface area contributed by atoms with Crippen LogP contribution in [0.4, 0.5) is 0 Å². The SMILES string of the molecule is COc1cc(/C=C/C(=O)c2ccc(C)cc2)cc(Cl)c1OCc1ccc(Cl)cc1. The van der Waals surface area contributed by atoms with Crippen molar-refractivity contribution in [1.29, 1.82) is 0 Å². The van der Waals surface area contributed by atoms with Gasteiger partial charge in [0.1, 0.15) is 6.61 Å². The molecule has 0 amide bonds. The first-order valence-corrected chi connectivity index (χ1v) is 9.75. The van der Waals surface area contributed by atoms with Gasteiger partial charge in [-0.15, -0.1) is 0 Å². The second-order valence-corrected chi connectivity index (χ2v) is 7.36. The van der Waals surface area contributed by atoms with Crippen molar-refractivity contribution in [2.75, 3.05) is 7.11 Å².